The summed E-state index contributed by atoms with van der Waals surface area (Å²) >= 11 is 0. The molecule has 27 heavy (non-hydrogen) atoms. The molecule has 6 heteroatoms. The lowest BCUT2D eigenvalue weighted by molar-refractivity contribution is -0.119. The van der Waals surface area contributed by atoms with E-state index in [1.165, 1.54) is 0 Å². The zero-order valence-electron chi connectivity index (χ0n) is 15.3. The van der Waals surface area contributed by atoms with Crippen LogP contribution in [0.15, 0.2) is 54.9 Å². The smallest absolute Gasteiger partial charge is 0.427 e. The van der Waals surface area contributed by atoms with Gasteiger partial charge in [-0.25, -0.2) is 0 Å². The number of hydrogen-bond donors (Lipinski definition) is 3. The van der Waals surface area contributed by atoms with Crippen molar-refractivity contribution in [2.24, 2.45) is 5.73 Å². The monoisotopic (exact) mass is 362 g/mol. The Morgan fingerprint density at radius 3 is 2.74 bits per heavy atom. The molecule has 138 valence electrons. The van der Waals surface area contributed by atoms with Gasteiger partial charge in [-0.3, -0.25) is 9.78 Å². The van der Waals surface area contributed by atoms with E-state index in [1.807, 2.05) is 49.4 Å². The Morgan fingerprint density at radius 2 is 2.00 bits per heavy atom. The molecule has 0 spiro atoms. The number of nitrogens with two attached hydrogens (primary N) is 1. The van der Waals surface area contributed by atoms with Gasteiger partial charge in [-0.1, -0.05) is 36.4 Å². The first kappa shape index (κ1) is 19.2. The molecule has 0 bridgehead atoms. The second kappa shape index (κ2) is 8.44. The van der Waals surface area contributed by atoms with Crippen LogP contribution in [0.1, 0.15) is 28.2 Å². The van der Waals surface area contributed by atoms with Crippen molar-refractivity contribution in [3.8, 4) is 0 Å². The van der Waals surface area contributed by atoms with Crippen molar-refractivity contribution in [3.63, 3.8) is 0 Å². The number of benzene rings is 2. The third-order valence-corrected chi connectivity index (χ3v) is 4.97. The van der Waals surface area contributed by atoms with Crippen LogP contribution < -0.4 is 5.73 Å². The molecule has 1 unspecified atom stereocenters. The van der Waals surface area contributed by atoms with Crippen LogP contribution in [0.2, 0.25) is 0 Å². The molecule has 2 aromatic carbocycles. The fourth-order valence-electron chi connectivity index (χ4n) is 3.50. The van der Waals surface area contributed by atoms with Gasteiger partial charge < -0.3 is 15.8 Å². The molecule has 0 radical (unpaired) electrons. The topological polar surface area (TPSA) is 96.4 Å². The largest absolute Gasteiger partial charge is 0.456 e. The highest BCUT2D eigenvalue weighted by atomic mass is 16.4. The number of aromatic nitrogens is 1. The molecule has 3 aromatic rings. The zero-order valence-corrected chi connectivity index (χ0v) is 15.3. The van der Waals surface area contributed by atoms with Crippen molar-refractivity contribution in [1.29, 1.82) is 0 Å². The number of fused-ring (bicyclic) bond motifs is 1. The Morgan fingerprint density at radius 1 is 1.19 bits per heavy atom. The van der Waals surface area contributed by atoms with E-state index in [-0.39, 0.29) is 18.6 Å². The maximum Gasteiger partial charge on any atom is 0.456 e. The molecule has 1 heterocycles. The van der Waals surface area contributed by atoms with Crippen LogP contribution in [-0.4, -0.2) is 34.5 Å². The molecule has 4 N–H and O–H groups in total. The summed E-state index contributed by atoms with van der Waals surface area (Å²) in [5, 5.41) is 20.6. The Balaban J connectivity index is 1.85. The average molecular weight is 362 g/mol. The third kappa shape index (κ3) is 4.42. The molecule has 0 saturated heterocycles. The molecule has 5 nitrogen and oxygen atoms in total. The van der Waals surface area contributed by atoms with Gasteiger partial charge >= 0.3 is 7.12 Å². The van der Waals surface area contributed by atoms with Crippen LogP contribution in [0.3, 0.4) is 0 Å². The number of nitrogens with zero attached hydrogens (tertiary/aromatic N) is 1. The van der Waals surface area contributed by atoms with Gasteiger partial charge in [-0.15, -0.1) is 0 Å². The summed E-state index contributed by atoms with van der Waals surface area (Å²) < 4.78 is 0. The van der Waals surface area contributed by atoms with Crippen molar-refractivity contribution in [3.05, 3.63) is 77.1 Å². The number of Topliss-reactive ketones (excluding diaryl/α,β-unsaturated/α-hetero) is 1. The number of hydrogen-bond acceptors (Lipinski definition) is 5. The second-order valence-electron chi connectivity index (χ2n) is 6.80. The lowest BCUT2D eigenvalue weighted by Crippen LogP contribution is -2.25. The summed E-state index contributed by atoms with van der Waals surface area (Å²) in [6.45, 7) is 2.11. The number of carbonyl (C=O) groups is 1. The van der Waals surface area contributed by atoms with E-state index in [2.05, 4.69) is 4.98 Å². The van der Waals surface area contributed by atoms with E-state index in [9.17, 15) is 14.8 Å². The van der Waals surface area contributed by atoms with Crippen molar-refractivity contribution in [1.82, 2.24) is 4.98 Å². The van der Waals surface area contributed by atoms with Crippen LogP contribution in [0.25, 0.3) is 10.8 Å². The van der Waals surface area contributed by atoms with E-state index in [1.54, 1.807) is 12.4 Å². The lowest BCUT2D eigenvalue weighted by atomic mass is 9.78. The molecule has 0 saturated carbocycles. The number of pyridine rings is 1. The van der Waals surface area contributed by atoms with Crippen LogP contribution in [0.4, 0.5) is 0 Å². The number of ketones is 1. The van der Waals surface area contributed by atoms with E-state index < -0.39 is 13.0 Å². The fraction of sp³-hybridized carbons (Fsp3) is 0.238. The number of rotatable bonds is 7. The quantitative estimate of drug-likeness (QED) is 0.559. The summed E-state index contributed by atoms with van der Waals surface area (Å²) in [6.07, 6.45) is 3.96. The van der Waals surface area contributed by atoms with Gasteiger partial charge in [-0.05, 0) is 40.6 Å². The van der Waals surface area contributed by atoms with Gasteiger partial charge in [-0.2, -0.15) is 0 Å². The SMILES string of the molecule is Cc1c(CB(O)O)cccc1C(CN)C(=O)Cc1ccc2cnccc2c1. The lowest BCUT2D eigenvalue weighted by Gasteiger charge is -2.19. The predicted molar refractivity (Wildman–Crippen MR) is 107 cm³/mol. The minimum Gasteiger partial charge on any atom is -0.427 e. The Bertz CT molecular complexity index is 959. The van der Waals surface area contributed by atoms with E-state index in [0.717, 1.165) is 33.0 Å². The van der Waals surface area contributed by atoms with Crippen LogP contribution in [0, 0.1) is 6.92 Å². The van der Waals surface area contributed by atoms with E-state index in [0.29, 0.717) is 6.42 Å². The molecule has 1 aromatic heterocycles. The molecule has 0 aliphatic rings. The molecular weight excluding hydrogens is 339 g/mol. The molecule has 0 aliphatic heterocycles. The highest BCUT2D eigenvalue weighted by Crippen LogP contribution is 2.25. The van der Waals surface area contributed by atoms with Crippen molar-refractivity contribution < 1.29 is 14.8 Å². The van der Waals surface area contributed by atoms with Gasteiger partial charge in [0.1, 0.15) is 5.78 Å². The minimum atomic E-state index is -1.42. The highest BCUT2D eigenvalue weighted by Gasteiger charge is 2.23. The predicted octanol–water partition coefficient (Wildman–Crippen LogP) is 1.95. The zero-order chi connectivity index (χ0) is 19.4. The fourth-order valence-corrected chi connectivity index (χ4v) is 3.50. The highest BCUT2D eigenvalue weighted by molar-refractivity contribution is 6.40. The van der Waals surface area contributed by atoms with Gasteiger partial charge in [0.15, 0.2) is 0 Å². The molecular formula is C21H23BN2O3. The van der Waals surface area contributed by atoms with Crippen molar-refractivity contribution in [2.45, 2.75) is 25.6 Å². The summed E-state index contributed by atoms with van der Waals surface area (Å²) in [5.41, 5.74) is 9.44. The summed E-state index contributed by atoms with van der Waals surface area (Å²) in [7, 11) is -1.42. The minimum absolute atomic E-state index is 0.0516. The van der Waals surface area contributed by atoms with E-state index >= 15 is 0 Å². The molecule has 3 rings (SSSR count). The summed E-state index contributed by atoms with van der Waals surface area (Å²) in [5.74, 6) is -0.371. The number of carbonyl (C=O) groups excluding carboxylic acids is 1. The van der Waals surface area contributed by atoms with Crippen molar-refractivity contribution in [2.75, 3.05) is 6.54 Å². The Hall–Kier alpha value is -2.54. The third-order valence-electron chi connectivity index (χ3n) is 4.97. The molecule has 0 fully saturated rings. The second-order valence-corrected chi connectivity index (χ2v) is 6.80. The Kier molecular flexibility index (Phi) is 6.01. The normalized spacial score (nSPS) is 12.1. The average Bonchev–Trinajstić information content (AvgIpc) is 2.65. The van der Waals surface area contributed by atoms with Gasteiger partial charge in [0, 0.05) is 37.1 Å². The van der Waals surface area contributed by atoms with Crippen LogP contribution in [0.5, 0.6) is 0 Å². The van der Waals surface area contributed by atoms with Gasteiger partial charge in [0.25, 0.3) is 0 Å². The van der Waals surface area contributed by atoms with Crippen LogP contribution >= 0.6 is 0 Å². The molecule has 0 aliphatic carbocycles. The Labute approximate surface area is 159 Å². The maximum atomic E-state index is 13.0. The first-order chi connectivity index (χ1) is 13.0. The molecule has 0 amide bonds. The summed E-state index contributed by atoms with van der Waals surface area (Å²) in [4.78, 5) is 17.1. The first-order valence-corrected chi connectivity index (χ1v) is 8.99. The van der Waals surface area contributed by atoms with Gasteiger partial charge in [0.05, 0.1) is 5.92 Å². The first-order valence-electron chi connectivity index (χ1n) is 8.99. The molecule has 1 atom stereocenters. The van der Waals surface area contributed by atoms with E-state index in [4.69, 9.17) is 5.73 Å². The standard InChI is InChI=1S/C21H23BN2O3/c1-14-17(11-22(26)27)3-2-4-19(14)20(12-23)21(25)10-15-5-6-18-13-24-8-7-16(18)9-15/h2-9,13,20,26-27H,10-12,23H2,1H3. The van der Waals surface area contributed by atoms with Crippen molar-refractivity contribution >= 4 is 23.7 Å². The maximum absolute atomic E-state index is 13.0. The summed E-state index contributed by atoms with van der Waals surface area (Å²) in [6, 6.07) is 13.4. The van der Waals surface area contributed by atoms with Gasteiger partial charge in [0.2, 0.25) is 0 Å². The van der Waals surface area contributed by atoms with Crippen LogP contribution in [-0.2, 0) is 17.5 Å².